The maximum Gasteiger partial charge on any atom is 0.120 e. The van der Waals surface area contributed by atoms with Gasteiger partial charge < -0.3 is 10.4 Å². The highest BCUT2D eigenvalue weighted by Gasteiger charge is 2.33. The minimum Gasteiger partial charge on any atom is -0.508 e. The SMILES string of the molecule is CC1(C)CCCC1NCc1cc(Cl)ccc1O. The smallest absolute Gasteiger partial charge is 0.120 e. The van der Waals surface area contributed by atoms with Crippen molar-refractivity contribution in [3.05, 3.63) is 28.8 Å². The van der Waals surface area contributed by atoms with Crippen molar-refractivity contribution >= 4 is 11.6 Å². The van der Waals surface area contributed by atoms with Gasteiger partial charge in [0.2, 0.25) is 0 Å². The Hall–Kier alpha value is -0.730. The van der Waals surface area contributed by atoms with Crippen LogP contribution in [0.4, 0.5) is 0 Å². The maximum absolute atomic E-state index is 9.74. The fourth-order valence-corrected chi connectivity index (χ4v) is 2.83. The second kappa shape index (κ2) is 4.87. The zero-order valence-electron chi connectivity index (χ0n) is 10.5. The van der Waals surface area contributed by atoms with Crippen LogP contribution in [0.15, 0.2) is 18.2 Å². The second-order valence-corrected chi connectivity index (χ2v) is 6.02. The van der Waals surface area contributed by atoms with E-state index in [1.165, 1.54) is 19.3 Å². The fourth-order valence-electron chi connectivity index (χ4n) is 2.63. The monoisotopic (exact) mass is 253 g/mol. The molecule has 0 heterocycles. The van der Waals surface area contributed by atoms with E-state index < -0.39 is 0 Å². The molecular weight excluding hydrogens is 234 g/mol. The largest absolute Gasteiger partial charge is 0.508 e. The summed E-state index contributed by atoms with van der Waals surface area (Å²) in [5.74, 6) is 0.317. The first-order valence-electron chi connectivity index (χ1n) is 6.20. The molecule has 17 heavy (non-hydrogen) atoms. The molecule has 3 heteroatoms. The van der Waals surface area contributed by atoms with Crippen LogP contribution in [0.3, 0.4) is 0 Å². The minimum atomic E-state index is 0.317. The lowest BCUT2D eigenvalue weighted by Gasteiger charge is -2.28. The quantitative estimate of drug-likeness (QED) is 0.861. The molecule has 1 atom stereocenters. The van der Waals surface area contributed by atoms with Gasteiger partial charge in [-0.15, -0.1) is 0 Å². The number of rotatable bonds is 3. The summed E-state index contributed by atoms with van der Waals surface area (Å²) >= 11 is 5.93. The predicted molar refractivity (Wildman–Crippen MR) is 71.4 cm³/mol. The molecule has 1 aromatic rings. The lowest BCUT2D eigenvalue weighted by Crippen LogP contribution is -2.37. The van der Waals surface area contributed by atoms with Crippen LogP contribution >= 0.6 is 11.6 Å². The van der Waals surface area contributed by atoms with E-state index in [1.807, 2.05) is 6.07 Å². The van der Waals surface area contributed by atoms with Crippen molar-refractivity contribution in [2.75, 3.05) is 0 Å². The van der Waals surface area contributed by atoms with Crippen molar-refractivity contribution < 1.29 is 5.11 Å². The van der Waals surface area contributed by atoms with Crippen molar-refractivity contribution in [2.45, 2.75) is 45.7 Å². The van der Waals surface area contributed by atoms with Crippen LogP contribution in [0, 0.1) is 5.41 Å². The van der Waals surface area contributed by atoms with E-state index in [1.54, 1.807) is 12.1 Å². The molecule has 1 aliphatic rings. The number of nitrogens with one attached hydrogen (secondary N) is 1. The van der Waals surface area contributed by atoms with Gasteiger partial charge in [-0.05, 0) is 36.5 Å². The second-order valence-electron chi connectivity index (χ2n) is 5.59. The Labute approximate surface area is 108 Å². The van der Waals surface area contributed by atoms with E-state index in [2.05, 4.69) is 19.2 Å². The molecule has 2 N–H and O–H groups in total. The minimum absolute atomic E-state index is 0.317. The van der Waals surface area contributed by atoms with Gasteiger partial charge in [0.1, 0.15) is 5.75 Å². The Morgan fingerprint density at radius 3 is 2.88 bits per heavy atom. The Morgan fingerprint density at radius 2 is 2.24 bits per heavy atom. The third-order valence-corrected chi connectivity index (χ3v) is 4.07. The molecule has 1 saturated carbocycles. The number of aromatic hydroxyl groups is 1. The van der Waals surface area contributed by atoms with Crippen LogP contribution in [0.2, 0.25) is 5.02 Å². The van der Waals surface area contributed by atoms with Gasteiger partial charge in [0.25, 0.3) is 0 Å². The summed E-state index contributed by atoms with van der Waals surface area (Å²) in [5.41, 5.74) is 1.23. The molecule has 2 nitrogen and oxygen atoms in total. The number of halogens is 1. The summed E-state index contributed by atoms with van der Waals surface area (Å²) in [6.45, 7) is 5.28. The molecule has 1 unspecified atom stereocenters. The van der Waals surface area contributed by atoms with Gasteiger partial charge >= 0.3 is 0 Å². The van der Waals surface area contributed by atoms with Gasteiger partial charge in [-0.1, -0.05) is 31.9 Å². The van der Waals surface area contributed by atoms with E-state index in [4.69, 9.17) is 11.6 Å². The average molecular weight is 254 g/mol. The van der Waals surface area contributed by atoms with E-state index in [-0.39, 0.29) is 0 Å². The van der Waals surface area contributed by atoms with Gasteiger partial charge in [0.15, 0.2) is 0 Å². The maximum atomic E-state index is 9.74. The highest BCUT2D eigenvalue weighted by Crippen LogP contribution is 2.37. The zero-order chi connectivity index (χ0) is 12.5. The van der Waals surface area contributed by atoms with Gasteiger partial charge in [-0.25, -0.2) is 0 Å². The third-order valence-electron chi connectivity index (χ3n) is 3.84. The molecule has 0 saturated heterocycles. The van der Waals surface area contributed by atoms with Crippen molar-refractivity contribution in [3.63, 3.8) is 0 Å². The molecule has 2 rings (SSSR count). The molecule has 0 bridgehead atoms. The van der Waals surface area contributed by atoms with Crippen molar-refractivity contribution in [1.82, 2.24) is 5.32 Å². The molecule has 1 fully saturated rings. The Balaban J connectivity index is 2.00. The lowest BCUT2D eigenvalue weighted by molar-refractivity contribution is 0.281. The number of benzene rings is 1. The van der Waals surface area contributed by atoms with Gasteiger partial charge in [0, 0.05) is 23.2 Å². The van der Waals surface area contributed by atoms with Crippen LogP contribution in [0.1, 0.15) is 38.7 Å². The Morgan fingerprint density at radius 1 is 1.47 bits per heavy atom. The lowest BCUT2D eigenvalue weighted by atomic mass is 9.87. The standard InChI is InChI=1S/C14H20ClNO/c1-14(2)7-3-4-13(14)16-9-10-8-11(15)5-6-12(10)17/h5-6,8,13,16-17H,3-4,7,9H2,1-2H3. The summed E-state index contributed by atoms with van der Waals surface area (Å²) in [6.07, 6.45) is 3.77. The molecule has 0 aliphatic heterocycles. The number of phenols is 1. The molecule has 1 aliphatic carbocycles. The summed E-state index contributed by atoms with van der Waals surface area (Å²) in [4.78, 5) is 0. The fraction of sp³-hybridized carbons (Fsp3) is 0.571. The summed E-state index contributed by atoms with van der Waals surface area (Å²) in [6, 6.07) is 5.71. The van der Waals surface area contributed by atoms with Crippen LogP contribution in [0.5, 0.6) is 5.75 Å². The van der Waals surface area contributed by atoms with E-state index in [0.29, 0.717) is 28.8 Å². The molecular formula is C14H20ClNO. The summed E-state index contributed by atoms with van der Waals surface area (Å²) in [7, 11) is 0. The van der Waals surface area contributed by atoms with E-state index in [0.717, 1.165) is 5.56 Å². The molecule has 94 valence electrons. The summed E-state index contributed by atoms with van der Waals surface area (Å²) < 4.78 is 0. The topological polar surface area (TPSA) is 32.3 Å². The molecule has 0 aromatic heterocycles. The first-order chi connectivity index (χ1) is 7.99. The van der Waals surface area contributed by atoms with Crippen molar-refractivity contribution in [3.8, 4) is 5.75 Å². The van der Waals surface area contributed by atoms with Crippen LogP contribution < -0.4 is 5.32 Å². The average Bonchev–Trinajstić information content (AvgIpc) is 2.59. The molecule has 0 spiro atoms. The first-order valence-corrected chi connectivity index (χ1v) is 6.57. The van der Waals surface area contributed by atoms with Crippen molar-refractivity contribution in [1.29, 1.82) is 0 Å². The van der Waals surface area contributed by atoms with Gasteiger partial charge in [0.05, 0.1) is 0 Å². The van der Waals surface area contributed by atoms with Crippen LogP contribution in [-0.4, -0.2) is 11.1 Å². The highest BCUT2D eigenvalue weighted by molar-refractivity contribution is 6.30. The highest BCUT2D eigenvalue weighted by atomic mass is 35.5. The van der Waals surface area contributed by atoms with Crippen LogP contribution in [-0.2, 0) is 6.54 Å². The van der Waals surface area contributed by atoms with E-state index in [9.17, 15) is 5.11 Å². The third kappa shape index (κ3) is 2.93. The predicted octanol–water partition coefficient (Wildman–Crippen LogP) is 3.71. The number of hydrogen-bond donors (Lipinski definition) is 2. The van der Waals surface area contributed by atoms with Crippen molar-refractivity contribution in [2.24, 2.45) is 5.41 Å². The zero-order valence-corrected chi connectivity index (χ0v) is 11.2. The number of phenolic OH excluding ortho intramolecular Hbond substituents is 1. The molecule has 0 radical (unpaired) electrons. The molecule has 1 aromatic carbocycles. The van der Waals surface area contributed by atoms with Crippen LogP contribution in [0.25, 0.3) is 0 Å². The Bertz CT molecular complexity index is 403. The summed E-state index contributed by atoms with van der Waals surface area (Å²) in [5, 5.41) is 13.9. The van der Waals surface area contributed by atoms with Gasteiger partial charge in [-0.2, -0.15) is 0 Å². The van der Waals surface area contributed by atoms with Gasteiger partial charge in [-0.3, -0.25) is 0 Å². The Kier molecular flexibility index (Phi) is 3.64. The molecule has 0 amide bonds. The van der Waals surface area contributed by atoms with E-state index >= 15 is 0 Å². The normalized spacial score (nSPS) is 22.9. The number of hydrogen-bond acceptors (Lipinski definition) is 2. The first kappa shape index (κ1) is 12.7.